The lowest BCUT2D eigenvalue weighted by atomic mass is 10.00. The normalized spacial score (nSPS) is 14.5. The molecule has 0 N–H and O–H groups in total. The predicted octanol–water partition coefficient (Wildman–Crippen LogP) is 4.03. The van der Waals surface area contributed by atoms with Gasteiger partial charge in [0.05, 0.1) is 4.90 Å². The molecule has 0 aliphatic heterocycles. The van der Waals surface area contributed by atoms with E-state index in [9.17, 15) is 13.2 Å². The van der Waals surface area contributed by atoms with Crippen molar-refractivity contribution in [3.63, 3.8) is 0 Å². The van der Waals surface area contributed by atoms with E-state index in [4.69, 9.17) is 4.74 Å². The van der Waals surface area contributed by atoms with Gasteiger partial charge in [0, 0.05) is 30.7 Å². The van der Waals surface area contributed by atoms with Crippen molar-refractivity contribution in [1.82, 2.24) is 8.96 Å². The summed E-state index contributed by atoms with van der Waals surface area (Å²) in [6.07, 6.45) is 6.13. The summed E-state index contributed by atoms with van der Waals surface area (Å²) in [5, 5.41) is 0.568. The van der Waals surface area contributed by atoms with E-state index in [-0.39, 0.29) is 28.6 Å². The lowest BCUT2D eigenvalue weighted by Gasteiger charge is -2.12. The third-order valence-corrected chi connectivity index (χ3v) is 7.28. The van der Waals surface area contributed by atoms with Crippen LogP contribution in [0.4, 0.5) is 0 Å². The number of Topliss-reactive ketones (excluding diaryl/α,β-unsaturated/α-hetero) is 1. The zero-order valence-corrected chi connectivity index (χ0v) is 18.2. The smallest absolute Gasteiger partial charge is 0.270 e. The van der Waals surface area contributed by atoms with E-state index in [1.807, 2.05) is 0 Å². The van der Waals surface area contributed by atoms with E-state index in [1.54, 1.807) is 37.4 Å². The Kier molecular flexibility index (Phi) is 6.21. The highest BCUT2D eigenvalue weighted by Gasteiger charge is 2.29. The van der Waals surface area contributed by atoms with Gasteiger partial charge in [-0.25, -0.2) is 17.4 Å². The topological polar surface area (TPSA) is 78.3 Å². The lowest BCUT2D eigenvalue weighted by molar-refractivity contribution is 0.0956. The fraction of sp³-hybridized carbons (Fsp3) is 0.333. The Hall–Kier alpha value is -2.95. The highest BCUT2D eigenvalue weighted by Crippen LogP contribution is 2.31. The molecule has 1 saturated carbocycles. The number of rotatable bonds is 6. The molecule has 3 aromatic rings. The quantitative estimate of drug-likeness (QED) is 0.431. The molecule has 0 saturated heterocycles. The highest BCUT2D eigenvalue weighted by molar-refractivity contribution is 7.90. The molecule has 7 heteroatoms. The SMILES string of the molecule is COCC#Cc1cnc2c(c1)cc(C(=O)CC1CCCC1)n2S(=O)(=O)c1ccccc1. The number of nitrogens with zero attached hydrogens (tertiary/aromatic N) is 2. The molecule has 0 bridgehead atoms. The number of aromatic nitrogens is 2. The van der Waals surface area contributed by atoms with E-state index < -0.39 is 10.0 Å². The zero-order chi connectivity index (χ0) is 21.8. The molecule has 1 aliphatic rings. The van der Waals surface area contributed by atoms with Gasteiger partial charge in [-0.2, -0.15) is 0 Å². The van der Waals surface area contributed by atoms with Gasteiger partial charge in [0.15, 0.2) is 11.4 Å². The van der Waals surface area contributed by atoms with Crippen LogP contribution in [0.5, 0.6) is 0 Å². The Balaban J connectivity index is 1.84. The molecule has 0 unspecified atom stereocenters. The molecule has 0 atom stereocenters. The number of carbonyl (C=O) groups excluding carboxylic acids is 1. The van der Waals surface area contributed by atoms with E-state index in [2.05, 4.69) is 16.8 Å². The molecule has 1 aromatic carbocycles. The summed E-state index contributed by atoms with van der Waals surface area (Å²) in [6.45, 7) is 0.284. The van der Waals surface area contributed by atoms with Crippen LogP contribution in [0.15, 0.2) is 53.6 Å². The van der Waals surface area contributed by atoms with Gasteiger partial charge < -0.3 is 4.74 Å². The minimum Gasteiger partial charge on any atom is -0.372 e. The summed E-state index contributed by atoms with van der Waals surface area (Å²) < 4.78 is 33.0. The minimum atomic E-state index is -3.99. The van der Waals surface area contributed by atoms with Crippen molar-refractivity contribution < 1.29 is 17.9 Å². The number of ketones is 1. The Bertz CT molecular complexity index is 1260. The molecule has 0 radical (unpaired) electrons. The number of benzene rings is 1. The molecule has 6 nitrogen and oxygen atoms in total. The number of fused-ring (bicyclic) bond motifs is 1. The summed E-state index contributed by atoms with van der Waals surface area (Å²) >= 11 is 0. The van der Waals surface area contributed by atoms with Crippen molar-refractivity contribution in [1.29, 1.82) is 0 Å². The molecule has 31 heavy (non-hydrogen) atoms. The van der Waals surface area contributed by atoms with Crippen LogP contribution in [-0.4, -0.2) is 36.9 Å². The summed E-state index contributed by atoms with van der Waals surface area (Å²) in [5.74, 6) is 5.94. The average Bonchev–Trinajstić information content (AvgIpc) is 3.42. The first-order valence-electron chi connectivity index (χ1n) is 10.3. The molecule has 0 spiro atoms. The van der Waals surface area contributed by atoms with Crippen molar-refractivity contribution in [2.45, 2.75) is 37.0 Å². The van der Waals surface area contributed by atoms with Crippen molar-refractivity contribution >= 4 is 26.8 Å². The second-order valence-electron chi connectivity index (χ2n) is 7.76. The third kappa shape index (κ3) is 4.41. The van der Waals surface area contributed by atoms with Crippen LogP contribution in [0.1, 0.15) is 48.2 Å². The number of pyridine rings is 1. The van der Waals surface area contributed by atoms with Crippen LogP contribution in [-0.2, 0) is 14.8 Å². The lowest BCUT2D eigenvalue weighted by Crippen LogP contribution is -2.20. The summed E-state index contributed by atoms with van der Waals surface area (Å²) in [5.41, 5.74) is 1.02. The highest BCUT2D eigenvalue weighted by atomic mass is 32.2. The van der Waals surface area contributed by atoms with Crippen LogP contribution >= 0.6 is 0 Å². The van der Waals surface area contributed by atoms with E-state index in [1.165, 1.54) is 18.3 Å². The van der Waals surface area contributed by atoms with E-state index in [0.29, 0.717) is 23.3 Å². The maximum Gasteiger partial charge on any atom is 0.270 e. The second kappa shape index (κ2) is 9.04. The molecule has 1 aliphatic carbocycles. The van der Waals surface area contributed by atoms with Crippen molar-refractivity contribution in [3.8, 4) is 11.8 Å². The van der Waals surface area contributed by atoms with Crippen molar-refractivity contribution in [2.24, 2.45) is 5.92 Å². The van der Waals surface area contributed by atoms with Crippen LogP contribution in [0, 0.1) is 17.8 Å². The first-order chi connectivity index (χ1) is 15.0. The Morgan fingerprint density at radius 1 is 1.19 bits per heavy atom. The Morgan fingerprint density at radius 2 is 1.94 bits per heavy atom. The molecule has 0 amide bonds. The largest absolute Gasteiger partial charge is 0.372 e. The standard InChI is InChI=1S/C24H24N2O4S/c1-30-13-7-10-19-14-20-16-22(23(27)15-18-8-5-6-9-18)26(24(20)25-17-19)31(28,29)21-11-3-2-4-12-21/h2-4,11-12,14,16-18H,5-6,8-9,13,15H2,1H3. The van der Waals surface area contributed by atoms with E-state index in [0.717, 1.165) is 29.7 Å². The number of hydrogen-bond acceptors (Lipinski definition) is 5. The summed E-state index contributed by atoms with van der Waals surface area (Å²) in [4.78, 5) is 17.7. The number of hydrogen-bond donors (Lipinski definition) is 0. The zero-order valence-electron chi connectivity index (χ0n) is 17.4. The fourth-order valence-electron chi connectivity index (χ4n) is 4.07. The van der Waals surface area contributed by atoms with Gasteiger partial charge in [-0.15, -0.1) is 0 Å². The number of ether oxygens (including phenoxy) is 1. The number of methoxy groups -OCH3 is 1. The van der Waals surface area contributed by atoms with Crippen LogP contribution in [0.2, 0.25) is 0 Å². The summed E-state index contributed by atoms with van der Waals surface area (Å²) in [7, 11) is -2.43. The van der Waals surface area contributed by atoms with Crippen molar-refractivity contribution in [2.75, 3.05) is 13.7 Å². The van der Waals surface area contributed by atoms with Crippen molar-refractivity contribution in [3.05, 3.63) is 59.9 Å². The van der Waals surface area contributed by atoms with Gasteiger partial charge in [0.2, 0.25) is 0 Å². The Morgan fingerprint density at radius 3 is 2.65 bits per heavy atom. The second-order valence-corrected chi connectivity index (χ2v) is 9.55. The van der Waals surface area contributed by atoms with Crippen LogP contribution < -0.4 is 0 Å². The molecule has 160 valence electrons. The van der Waals surface area contributed by atoms with Gasteiger partial charge in [-0.1, -0.05) is 55.7 Å². The fourth-order valence-corrected chi connectivity index (χ4v) is 5.57. The van der Waals surface area contributed by atoms with Gasteiger partial charge in [0.25, 0.3) is 10.0 Å². The molecular weight excluding hydrogens is 412 g/mol. The van der Waals surface area contributed by atoms with Gasteiger partial charge in [0.1, 0.15) is 12.3 Å². The van der Waals surface area contributed by atoms with Gasteiger partial charge >= 0.3 is 0 Å². The van der Waals surface area contributed by atoms with Crippen LogP contribution in [0.25, 0.3) is 11.0 Å². The Labute approximate surface area is 182 Å². The monoisotopic (exact) mass is 436 g/mol. The predicted molar refractivity (Wildman–Crippen MR) is 118 cm³/mol. The molecule has 4 rings (SSSR count). The van der Waals surface area contributed by atoms with E-state index >= 15 is 0 Å². The third-order valence-electron chi connectivity index (χ3n) is 5.56. The first-order valence-corrected chi connectivity index (χ1v) is 11.8. The molecule has 2 aromatic heterocycles. The van der Waals surface area contributed by atoms with Gasteiger partial charge in [-0.05, 0) is 30.2 Å². The average molecular weight is 437 g/mol. The maximum atomic E-state index is 13.5. The first kappa shape index (κ1) is 21.3. The molecule has 1 fully saturated rings. The maximum absolute atomic E-state index is 13.5. The molecular formula is C24H24N2O4S. The van der Waals surface area contributed by atoms with Crippen LogP contribution in [0.3, 0.4) is 0 Å². The minimum absolute atomic E-state index is 0.119. The summed E-state index contributed by atoms with van der Waals surface area (Å²) in [6, 6.07) is 11.5. The number of carbonyl (C=O) groups is 1. The molecule has 2 heterocycles. The van der Waals surface area contributed by atoms with Gasteiger partial charge in [-0.3, -0.25) is 4.79 Å².